The van der Waals surface area contributed by atoms with Crippen LogP contribution in [0.25, 0.3) is 0 Å². The number of thioether (sulfide) groups is 1. The van der Waals surface area contributed by atoms with Crippen molar-refractivity contribution in [2.45, 2.75) is 68.8 Å². The fourth-order valence-corrected chi connectivity index (χ4v) is 4.29. The molecule has 2 N–H and O–H groups in total. The summed E-state index contributed by atoms with van der Waals surface area (Å²) in [6, 6.07) is 10.2. The summed E-state index contributed by atoms with van der Waals surface area (Å²) in [4.78, 5) is 32.3. The van der Waals surface area contributed by atoms with Crippen LogP contribution in [0.4, 0.5) is 0 Å². The number of rotatable bonds is 6. The van der Waals surface area contributed by atoms with Crippen LogP contribution < -0.4 is 10.9 Å². The zero-order valence-corrected chi connectivity index (χ0v) is 16.8. The molecule has 0 saturated heterocycles. The third-order valence-electron chi connectivity index (χ3n) is 5.03. The van der Waals surface area contributed by atoms with Gasteiger partial charge in [0.15, 0.2) is 5.16 Å². The average molecular weight is 386 g/mol. The van der Waals surface area contributed by atoms with Gasteiger partial charge in [0.2, 0.25) is 5.91 Å². The molecule has 5 nitrogen and oxygen atoms in total. The predicted molar refractivity (Wildman–Crippen MR) is 109 cm³/mol. The molecule has 1 unspecified atom stereocenters. The Hall–Kier alpha value is -2.08. The van der Waals surface area contributed by atoms with Gasteiger partial charge in [-0.05, 0) is 32.3 Å². The van der Waals surface area contributed by atoms with Crippen molar-refractivity contribution in [2.24, 2.45) is 0 Å². The number of hydrogen-bond donors (Lipinski definition) is 2. The van der Waals surface area contributed by atoms with Gasteiger partial charge in [-0.15, -0.1) is 0 Å². The van der Waals surface area contributed by atoms with Crippen LogP contribution in [-0.2, 0) is 11.2 Å². The third-order valence-corrected chi connectivity index (χ3v) is 6.02. The molecule has 6 heteroatoms. The average Bonchev–Trinajstić information content (AvgIpc) is 2.66. The van der Waals surface area contributed by atoms with E-state index in [1.807, 2.05) is 44.2 Å². The van der Waals surface area contributed by atoms with Gasteiger partial charge in [-0.2, -0.15) is 0 Å². The van der Waals surface area contributed by atoms with Crippen molar-refractivity contribution in [2.75, 3.05) is 0 Å². The molecule has 1 fully saturated rings. The minimum Gasteiger partial charge on any atom is -0.352 e. The van der Waals surface area contributed by atoms with Gasteiger partial charge in [-0.3, -0.25) is 9.59 Å². The van der Waals surface area contributed by atoms with Crippen molar-refractivity contribution in [1.29, 1.82) is 0 Å². The van der Waals surface area contributed by atoms with E-state index in [1.165, 1.54) is 31.0 Å². The Morgan fingerprint density at radius 1 is 1.26 bits per heavy atom. The molecule has 144 valence electrons. The van der Waals surface area contributed by atoms with Crippen LogP contribution in [0, 0.1) is 6.92 Å². The number of aromatic amines is 1. The highest BCUT2D eigenvalue weighted by Crippen LogP contribution is 2.22. The van der Waals surface area contributed by atoms with Gasteiger partial charge in [0.05, 0.1) is 5.25 Å². The van der Waals surface area contributed by atoms with Crippen LogP contribution in [0.5, 0.6) is 0 Å². The number of hydrogen-bond acceptors (Lipinski definition) is 4. The Bertz CT molecular complexity index is 829. The number of aromatic nitrogens is 2. The molecule has 0 aliphatic heterocycles. The molecule has 1 amide bonds. The Labute approximate surface area is 164 Å². The van der Waals surface area contributed by atoms with Gasteiger partial charge in [0.25, 0.3) is 5.56 Å². The molecule has 0 spiro atoms. The lowest BCUT2D eigenvalue weighted by molar-refractivity contribution is -0.121. The van der Waals surface area contributed by atoms with Gasteiger partial charge in [-0.25, -0.2) is 4.98 Å². The number of H-pyrrole nitrogens is 1. The van der Waals surface area contributed by atoms with Crippen molar-refractivity contribution < 1.29 is 4.79 Å². The molecule has 1 aromatic carbocycles. The summed E-state index contributed by atoms with van der Waals surface area (Å²) in [5.41, 5.74) is 2.33. The largest absolute Gasteiger partial charge is 0.352 e. The van der Waals surface area contributed by atoms with E-state index in [0.29, 0.717) is 22.8 Å². The van der Waals surface area contributed by atoms with Crippen LogP contribution in [0.3, 0.4) is 0 Å². The number of aryl methyl sites for hydroxylation is 1. The lowest BCUT2D eigenvalue weighted by Gasteiger charge is -2.24. The smallest absolute Gasteiger partial charge is 0.255 e. The predicted octanol–water partition coefficient (Wildman–Crippen LogP) is 3.60. The second kappa shape index (κ2) is 9.22. The highest BCUT2D eigenvalue weighted by Gasteiger charge is 2.21. The van der Waals surface area contributed by atoms with E-state index in [4.69, 9.17) is 0 Å². The van der Waals surface area contributed by atoms with Crippen molar-refractivity contribution in [3.8, 4) is 0 Å². The number of carbonyl (C=O) groups is 1. The van der Waals surface area contributed by atoms with Gasteiger partial charge < -0.3 is 10.3 Å². The van der Waals surface area contributed by atoms with Crippen LogP contribution in [0.2, 0.25) is 0 Å². The summed E-state index contributed by atoms with van der Waals surface area (Å²) < 4.78 is 0. The topological polar surface area (TPSA) is 74.8 Å². The monoisotopic (exact) mass is 385 g/mol. The maximum Gasteiger partial charge on any atom is 0.255 e. The second-order valence-corrected chi connectivity index (χ2v) is 8.53. The first-order chi connectivity index (χ1) is 13.0. The third kappa shape index (κ3) is 5.45. The lowest BCUT2D eigenvalue weighted by atomic mass is 9.95. The standard InChI is InChI=1S/C21H27N3O2S/c1-14-18(13-16-9-5-3-6-10-16)20(26)24-21(22-14)27-15(2)19(25)23-17-11-7-4-8-12-17/h3,5-6,9-10,15,17H,4,7-8,11-13H2,1-2H3,(H,23,25)(H,22,24,26). The van der Waals surface area contributed by atoms with Crippen molar-refractivity contribution in [3.63, 3.8) is 0 Å². The summed E-state index contributed by atoms with van der Waals surface area (Å²) in [6.45, 7) is 3.71. The van der Waals surface area contributed by atoms with Crippen molar-refractivity contribution in [1.82, 2.24) is 15.3 Å². The Morgan fingerprint density at radius 2 is 1.96 bits per heavy atom. The molecule has 2 aromatic rings. The van der Waals surface area contributed by atoms with Crippen LogP contribution in [0.15, 0.2) is 40.3 Å². The zero-order valence-electron chi connectivity index (χ0n) is 16.0. The SMILES string of the molecule is Cc1nc(SC(C)C(=O)NC2CCCCC2)[nH]c(=O)c1Cc1ccccc1. The van der Waals surface area contributed by atoms with E-state index in [9.17, 15) is 9.59 Å². The molecule has 0 radical (unpaired) electrons. The van der Waals surface area contributed by atoms with Crippen LogP contribution >= 0.6 is 11.8 Å². The zero-order chi connectivity index (χ0) is 19.2. The Kier molecular flexibility index (Phi) is 6.72. The van der Waals surface area contributed by atoms with Gasteiger partial charge in [0, 0.05) is 23.7 Å². The molecule has 27 heavy (non-hydrogen) atoms. The first-order valence-electron chi connectivity index (χ1n) is 9.63. The highest BCUT2D eigenvalue weighted by atomic mass is 32.2. The number of nitrogens with zero attached hydrogens (tertiary/aromatic N) is 1. The molecule has 1 aromatic heterocycles. The second-order valence-electron chi connectivity index (χ2n) is 7.20. The summed E-state index contributed by atoms with van der Waals surface area (Å²) in [7, 11) is 0. The fraction of sp³-hybridized carbons (Fsp3) is 0.476. The Morgan fingerprint density at radius 3 is 2.63 bits per heavy atom. The van der Waals surface area contributed by atoms with E-state index >= 15 is 0 Å². The van der Waals surface area contributed by atoms with E-state index in [0.717, 1.165) is 18.4 Å². The van der Waals surface area contributed by atoms with E-state index < -0.39 is 0 Å². The molecule has 1 aliphatic carbocycles. The molecule has 1 heterocycles. The summed E-state index contributed by atoms with van der Waals surface area (Å²) in [6.07, 6.45) is 6.30. The summed E-state index contributed by atoms with van der Waals surface area (Å²) in [5, 5.41) is 3.34. The minimum absolute atomic E-state index is 0.0144. The van der Waals surface area contributed by atoms with E-state index in [1.54, 1.807) is 0 Å². The highest BCUT2D eigenvalue weighted by molar-refractivity contribution is 8.00. The van der Waals surface area contributed by atoms with Crippen LogP contribution in [0.1, 0.15) is 55.8 Å². The van der Waals surface area contributed by atoms with Crippen LogP contribution in [-0.4, -0.2) is 27.2 Å². The molecular weight excluding hydrogens is 358 g/mol. The van der Waals surface area contributed by atoms with Gasteiger partial charge in [0.1, 0.15) is 0 Å². The van der Waals surface area contributed by atoms with Crippen molar-refractivity contribution >= 4 is 17.7 Å². The Balaban J connectivity index is 1.64. The molecule has 1 saturated carbocycles. The number of nitrogens with one attached hydrogen (secondary N) is 2. The molecule has 3 rings (SSSR count). The maximum atomic E-state index is 12.5. The number of carbonyl (C=O) groups excluding carboxylic acids is 1. The lowest BCUT2D eigenvalue weighted by Crippen LogP contribution is -2.40. The van der Waals surface area contributed by atoms with E-state index in [2.05, 4.69) is 15.3 Å². The number of amides is 1. The molecule has 1 aliphatic rings. The van der Waals surface area contributed by atoms with Gasteiger partial charge >= 0.3 is 0 Å². The minimum atomic E-state index is -0.297. The number of benzene rings is 1. The maximum absolute atomic E-state index is 12.5. The fourth-order valence-electron chi connectivity index (χ4n) is 3.44. The van der Waals surface area contributed by atoms with E-state index in [-0.39, 0.29) is 22.8 Å². The molecular formula is C21H27N3O2S. The first-order valence-corrected chi connectivity index (χ1v) is 10.5. The van der Waals surface area contributed by atoms with Gasteiger partial charge in [-0.1, -0.05) is 61.4 Å². The summed E-state index contributed by atoms with van der Waals surface area (Å²) >= 11 is 1.30. The van der Waals surface area contributed by atoms with Crippen molar-refractivity contribution in [3.05, 3.63) is 57.5 Å². The quantitative estimate of drug-likeness (QED) is 0.588. The first kappa shape index (κ1) is 19.7. The summed E-state index contributed by atoms with van der Waals surface area (Å²) in [5.74, 6) is 0.0144. The molecule has 0 bridgehead atoms. The molecule has 1 atom stereocenters. The normalized spacial score (nSPS) is 16.1.